The zero-order valence-electron chi connectivity index (χ0n) is 18.9. The van der Waals surface area contributed by atoms with Gasteiger partial charge in [-0.2, -0.15) is 0 Å². The minimum absolute atomic E-state index is 0.0297. The molecule has 8 nitrogen and oxygen atoms in total. The van der Waals surface area contributed by atoms with Gasteiger partial charge >= 0.3 is 0 Å². The van der Waals surface area contributed by atoms with Crippen molar-refractivity contribution in [3.05, 3.63) is 45.5 Å². The van der Waals surface area contributed by atoms with Crippen molar-refractivity contribution in [1.82, 2.24) is 24.4 Å². The molecule has 1 amide bonds. The number of aromatic nitrogens is 3. The minimum Gasteiger partial charge on any atom is -0.375 e. The van der Waals surface area contributed by atoms with Crippen LogP contribution in [0.25, 0.3) is 5.65 Å². The molecule has 1 fully saturated rings. The summed E-state index contributed by atoms with van der Waals surface area (Å²) in [6.07, 6.45) is 11.1. The predicted molar refractivity (Wildman–Crippen MR) is 122 cm³/mol. The minimum atomic E-state index is -0.0640. The molecule has 2 aromatic rings. The standard InChI is InChI=1S/C24H33N5O3/c1-32-16-23(30)28-12-9-19-21(15-28)25-22-13-20(26-29(22)24(19)31)18-7-10-27(11-8-18)14-17-5-3-2-4-6-17/h2-3,13,17-18,26H,4-12,14-16H2,1H3/t17-/m0/s1. The molecule has 32 heavy (non-hydrogen) atoms. The first-order chi connectivity index (χ1) is 15.6. The second-order valence-corrected chi connectivity index (χ2v) is 9.47. The van der Waals surface area contributed by atoms with E-state index >= 15 is 0 Å². The summed E-state index contributed by atoms with van der Waals surface area (Å²) in [5.41, 5.74) is 3.16. The number of nitrogens with one attached hydrogen (secondary N) is 1. The number of hydrogen-bond acceptors (Lipinski definition) is 5. The van der Waals surface area contributed by atoms with Crippen LogP contribution in [-0.4, -0.2) is 70.2 Å². The maximum atomic E-state index is 13.1. The molecule has 1 atom stereocenters. The highest BCUT2D eigenvalue weighted by atomic mass is 16.5. The van der Waals surface area contributed by atoms with Crippen LogP contribution in [-0.2, 0) is 22.5 Å². The number of carbonyl (C=O) groups excluding carboxylic acids is 1. The van der Waals surface area contributed by atoms with E-state index in [2.05, 4.69) is 22.2 Å². The molecule has 1 N–H and O–H groups in total. The normalized spacial score (nSPS) is 22.4. The van der Waals surface area contributed by atoms with Crippen molar-refractivity contribution in [2.24, 2.45) is 5.92 Å². The number of nitrogens with zero attached hydrogens (tertiary/aromatic N) is 4. The summed E-state index contributed by atoms with van der Waals surface area (Å²) in [4.78, 5) is 34.4. The van der Waals surface area contributed by atoms with Crippen LogP contribution in [0, 0.1) is 5.92 Å². The van der Waals surface area contributed by atoms with Crippen molar-refractivity contribution in [2.45, 2.75) is 51.0 Å². The van der Waals surface area contributed by atoms with Gasteiger partial charge in [0, 0.05) is 43.4 Å². The average Bonchev–Trinajstić information content (AvgIpc) is 3.24. The van der Waals surface area contributed by atoms with Gasteiger partial charge in [0.2, 0.25) is 5.91 Å². The number of fused-ring (bicyclic) bond motifs is 2. The van der Waals surface area contributed by atoms with Gasteiger partial charge in [-0.3, -0.25) is 14.7 Å². The predicted octanol–water partition coefficient (Wildman–Crippen LogP) is 2.09. The van der Waals surface area contributed by atoms with Crippen molar-refractivity contribution in [3.8, 4) is 0 Å². The fourth-order valence-corrected chi connectivity index (χ4v) is 5.46. The van der Waals surface area contributed by atoms with E-state index in [1.54, 1.807) is 9.42 Å². The van der Waals surface area contributed by atoms with Crippen LogP contribution in [0.2, 0.25) is 0 Å². The monoisotopic (exact) mass is 439 g/mol. The number of ether oxygens (including phenoxy) is 1. The Morgan fingerprint density at radius 1 is 1.22 bits per heavy atom. The van der Waals surface area contributed by atoms with Gasteiger partial charge in [0.15, 0.2) is 5.65 Å². The van der Waals surface area contributed by atoms with Crippen LogP contribution in [0.5, 0.6) is 0 Å². The number of piperidine rings is 1. The van der Waals surface area contributed by atoms with Gasteiger partial charge in [-0.05, 0) is 57.5 Å². The van der Waals surface area contributed by atoms with Crippen LogP contribution in [0.15, 0.2) is 23.0 Å². The Labute approximate surface area is 188 Å². The molecule has 0 radical (unpaired) electrons. The Bertz CT molecular complexity index is 1060. The average molecular weight is 440 g/mol. The molecule has 3 aliphatic rings. The summed E-state index contributed by atoms with van der Waals surface area (Å²) < 4.78 is 6.57. The topological polar surface area (TPSA) is 82.9 Å². The Balaban J connectivity index is 1.28. The molecular weight excluding hydrogens is 406 g/mol. The number of likely N-dealkylation sites (tertiary alicyclic amines) is 1. The van der Waals surface area contributed by atoms with Gasteiger partial charge in [0.25, 0.3) is 5.56 Å². The van der Waals surface area contributed by atoms with Crippen molar-refractivity contribution in [1.29, 1.82) is 0 Å². The molecule has 5 rings (SSSR count). The van der Waals surface area contributed by atoms with Gasteiger partial charge in [0.1, 0.15) is 6.61 Å². The number of hydrogen-bond donors (Lipinski definition) is 1. The maximum absolute atomic E-state index is 13.1. The van der Waals surface area contributed by atoms with Crippen LogP contribution in [0.3, 0.4) is 0 Å². The number of aromatic amines is 1. The molecule has 0 unspecified atom stereocenters. The Morgan fingerprint density at radius 2 is 2.06 bits per heavy atom. The van der Waals surface area contributed by atoms with E-state index in [-0.39, 0.29) is 18.1 Å². The van der Waals surface area contributed by atoms with E-state index < -0.39 is 0 Å². The van der Waals surface area contributed by atoms with Crippen LogP contribution in [0.4, 0.5) is 0 Å². The number of amides is 1. The van der Waals surface area contributed by atoms with E-state index in [1.165, 1.54) is 32.9 Å². The Morgan fingerprint density at radius 3 is 2.81 bits per heavy atom. The number of H-pyrrole nitrogens is 1. The van der Waals surface area contributed by atoms with Crippen LogP contribution in [0.1, 0.15) is 55.0 Å². The first-order valence-corrected chi connectivity index (χ1v) is 11.9. The molecule has 2 aromatic heterocycles. The van der Waals surface area contributed by atoms with Crippen molar-refractivity contribution in [3.63, 3.8) is 0 Å². The quantitative estimate of drug-likeness (QED) is 0.722. The van der Waals surface area contributed by atoms with Crippen molar-refractivity contribution >= 4 is 11.6 Å². The molecule has 0 bridgehead atoms. The third-order valence-corrected chi connectivity index (χ3v) is 7.33. The van der Waals surface area contributed by atoms with E-state index in [0.717, 1.165) is 37.5 Å². The van der Waals surface area contributed by atoms with Gasteiger partial charge < -0.3 is 14.5 Å². The molecule has 4 heterocycles. The lowest BCUT2D eigenvalue weighted by atomic mass is 9.90. The summed E-state index contributed by atoms with van der Waals surface area (Å²) in [5.74, 6) is 1.16. The molecule has 2 aliphatic heterocycles. The molecule has 0 saturated carbocycles. The number of carbonyl (C=O) groups is 1. The van der Waals surface area contributed by atoms with Crippen molar-refractivity contribution in [2.75, 3.05) is 39.9 Å². The summed E-state index contributed by atoms with van der Waals surface area (Å²) in [7, 11) is 1.52. The molecule has 8 heteroatoms. The van der Waals surface area contributed by atoms with Crippen molar-refractivity contribution < 1.29 is 9.53 Å². The van der Waals surface area contributed by atoms with Crippen LogP contribution >= 0.6 is 0 Å². The van der Waals surface area contributed by atoms with Gasteiger partial charge in [-0.25, -0.2) is 9.50 Å². The molecule has 1 saturated heterocycles. The number of methoxy groups -OCH3 is 1. The first kappa shape index (κ1) is 21.4. The summed E-state index contributed by atoms with van der Waals surface area (Å²) in [6, 6.07) is 2.03. The SMILES string of the molecule is COCC(=O)N1CCc2c(nc3cc(C4CCN(C[C@H]5CC=CCC5)CC4)[nH]n3c2=O)C1. The number of rotatable bonds is 5. The lowest BCUT2D eigenvalue weighted by molar-refractivity contribution is -0.136. The highest BCUT2D eigenvalue weighted by Crippen LogP contribution is 2.29. The molecule has 1 aliphatic carbocycles. The number of allylic oxidation sites excluding steroid dienone is 2. The summed E-state index contributed by atoms with van der Waals surface area (Å²) in [5, 5.41) is 3.35. The smallest absolute Gasteiger partial charge is 0.276 e. The highest BCUT2D eigenvalue weighted by molar-refractivity contribution is 5.77. The fourth-order valence-electron chi connectivity index (χ4n) is 5.46. The second-order valence-electron chi connectivity index (χ2n) is 9.47. The lowest BCUT2D eigenvalue weighted by Crippen LogP contribution is -2.41. The zero-order valence-corrected chi connectivity index (χ0v) is 18.9. The van der Waals surface area contributed by atoms with Gasteiger partial charge in [-0.1, -0.05) is 12.2 Å². The van der Waals surface area contributed by atoms with Crippen LogP contribution < -0.4 is 5.56 Å². The Hall–Kier alpha value is -2.45. The summed E-state index contributed by atoms with van der Waals surface area (Å²) in [6.45, 7) is 4.38. The molecule has 0 aromatic carbocycles. The lowest BCUT2D eigenvalue weighted by Gasteiger charge is -2.34. The second kappa shape index (κ2) is 9.19. The molecular formula is C24H33N5O3. The van der Waals surface area contributed by atoms with E-state index in [4.69, 9.17) is 9.72 Å². The van der Waals surface area contributed by atoms with E-state index in [0.29, 0.717) is 42.3 Å². The third-order valence-electron chi connectivity index (χ3n) is 7.33. The molecule has 0 spiro atoms. The third kappa shape index (κ3) is 4.26. The van der Waals surface area contributed by atoms with Gasteiger partial charge in [-0.15, -0.1) is 0 Å². The fraction of sp³-hybridized carbons (Fsp3) is 0.625. The maximum Gasteiger partial charge on any atom is 0.276 e. The highest BCUT2D eigenvalue weighted by Gasteiger charge is 2.27. The largest absolute Gasteiger partial charge is 0.375 e. The zero-order chi connectivity index (χ0) is 22.1. The van der Waals surface area contributed by atoms with Gasteiger partial charge in [0.05, 0.1) is 12.2 Å². The Kier molecular flexibility index (Phi) is 6.15. The van der Waals surface area contributed by atoms with E-state index in [1.807, 2.05) is 6.07 Å². The molecule has 172 valence electrons. The first-order valence-electron chi connectivity index (χ1n) is 11.9. The summed E-state index contributed by atoms with van der Waals surface area (Å²) >= 11 is 0. The van der Waals surface area contributed by atoms with E-state index in [9.17, 15) is 9.59 Å².